The van der Waals surface area contributed by atoms with Gasteiger partial charge in [-0.2, -0.15) is 0 Å². The topological polar surface area (TPSA) is 44.8 Å². The van der Waals surface area contributed by atoms with Crippen LogP contribution in [0.25, 0.3) is 0 Å². The van der Waals surface area contributed by atoms with E-state index in [1.54, 1.807) is 7.11 Å². The standard InChI is InChI=1S/C18H29N3O2/c1-15(2)18(22)19-9-6-10-20-11-13-21(14-12-20)16-7-4-5-8-17(16)23-3/h4-5,7-8,15H,6,9-14H2,1-3H3,(H,19,22). The molecule has 1 aliphatic heterocycles. The summed E-state index contributed by atoms with van der Waals surface area (Å²) < 4.78 is 5.45. The first kappa shape index (κ1) is 17.6. The molecule has 1 heterocycles. The van der Waals surface area contributed by atoms with Gasteiger partial charge in [-0.3, -0.25) is 9.69 Å². The number of piperazine rings is 1. The molecule has 1 aromatic rings. The number of nitrogens with zero attached hydrogens (tertiary/aromatic N) is 2. The van der Waals surface area contributed by atoms with Gasteiger partial charge in [-0.25, -0.2) is 0 Å². The second-order valence-electron chi connectivity index (χ2n) is 6.30. The molecule has 0 atom stereocenters. The van der Waals surface area contributed by atoms with E-state index in [1.165, 1.54) is 5.69 Å². The third-order valence-corrected chi connectivity index (χ3v) is 4.27. The molecule has 128 valence electrons. The Bertz CT molecular complexity index is 497. The van der Waals surface area contributed by atoms with E-state index < -0.39 is 0 Å². The van der Waals surface area contributed by atoms with E-state index in [9.17, 15) is 4.79 Å². The Labute approximate surface area is 139 Å². The van der Waals surface area contributed by atoms with E-state index in [-0.39, 0.29) is 11.8 Å². The van der Waals surface area contributed by atoms with Crippen molar-refractivity contribution in [3.63, 3.8) is 0 Å². The zero-order valence-corrected chi connectivity index (χ0v) is 14.5. The Hall–Kier alpha value is -1.75. The Balaban J connectivity index is 1.71. The molecule has 1 fully saturated rings. The average Bonchev–Trinajstić information content (AvgIpc) is 2.59. The molecule has 1 amide bonds. The highest BCUT2D eigenvalue weighted by atomic mass is 16.5. The minimum atomic E-state index is 0.0689. The largest absolute Gasteiger partial charge is 0.495 e. The number of nitrogens with one attached hydrogen (secondary N) is 1. The SMILES string of the molecule is COc1ccccc1N1CCN(CCCNC(=O)C(C)C)CC1. The first-order chi connectivity index (χ1) is 11.1. The van der Waals surface area contributed by atoms with E-state index in [0.717, 1.165) is 51.4 Å². The molecule has 5 nitrogen and oxygen atoms in total. The van der Waals surface area contributed by atoms with Crippen molar-refractivity contribution >= 4 is 11.6 Å². The van der Waals surface area contributed by atoms with Crippen LogP contribution in [0, 0.1) is 5.92 Å². The van der Waals surface area contributed by atoms with Crippen LogP contribution in [0.15, 0.2) is 24.3 Å². The van der Waals surface area contributed by atoms with Gasteiger partial charge in [0.1, 0.15) is 5.75 Å². The van der Waals surface area contributed by atoms with Gasteiger partial charge in [0, 0.05) is 38.6 Å². The van der Waals surface area contributed by atoms with Crippen LogP contribution in [0.4, 0.5) is 5.69 Å². The first-order valence-corrected chi connectivity index (χ1v) is 8.50. The van der Waals surface area contributed by atoms with Gasteiger partial charge in [-0.05, 0) is 25.1 Å². The lowest BCUT2D eigenvalue weighted by Gasteiger charge is -2.36. The Morgan fingerprint density at radius 2 is 1.91 bits per heavy atom. The Kier molecular flexibility index (Phi) is 6.71. The van der Waals surface area contributed by atoms with E-state index in [0.29, 0.717) is 0 Å². The number of ether oxygens (including phenoxy) is 1. The molecule has 1 N–H and O–H groups in total. The lowest BCUT2D eigenvalue weighted by atomic mass is 10.2. The van der Waals surface area contributed by atoms with Crippen LogP contribution < -0.4 is 15.0 Å². The number of benzene rings is 1. The first-order valence-electron chi connectivity index (χ1n) is 8.50. The quantitative estimate of drug-likeness (QED) is 0.781. The van der Waals surface area contributed by atoms with Crippen LogP contribution in [-0.2, 0) is 4.79 Å². The third kappa shape index (κ3) is 5.13. The number of rotatable bonds is 7. The molecule has 2 rings (SSSR count). The van der Waals surface area contributed by atoms with Crippen molar-refractivity contribution in [2.45, 2.75) is 20.3 Å². The maximum atomic E-state index is 11.5. The maximum absolute atomic E-state index is 11.5. The molecule has 0 saturated carbocycles. The summed E-state index contributed by atoms with van der Waals surface area (Å²) in [6.07, 6.45) is 1.01. The zero-order valence-electron chi connectivity index (χ0n) is 14.5. The zero-order chi connectivity index (χ0) is 16.7. The fourth-order valence-electron chi connectivity index (χ4n) is 2.82. The predicted molar refractivity (Wildman–Crippen MR) is 94.1 cm³/mol. The lowest BCUT2D eigenvalue weighted by Crippen LogP contribution is -2.47. The molecule has 0 spiro atoms. The summed E-state index contributed by atoms with van der Waals surface area (Å²) in [7, 11) is 1.72. The van der Waals surface area contributed by atoms with Crippen molar-refractivity contribution < 1.29 is 9.53 Å². The molecule has 23 heavy (non-hydrogen) atoms. The summed E-state index contributed by atoms with van der Waals surface area (Å²) in [5, 5.41) is 2.98. The second-order valence-corrected chi connectivity index (χ2v) is 6.30. The van der Waals surface area contributed by atoms with Gasteiger partial charge in [0.25, 0.3) is 0 Å². The van der Waals surface area contributed by atoms with Crippen molar-refractivity contribution in [3.05, 3.63) is 24.3 Å². The molecular formula is C18H29N3O2. The summed E-state index contributed by atoms with van der Waals surface area (Å²) in [6, 6.07) is 8.20. The maximum Gasteiger partial charge on any atom is 0.222 e. The molecule has 0 radical (unpaired) electrons. The highest BCUT2D eigenvalue weighted by Crippen LogP contribution is 2.28. The molecule has 1 aromatic carbocycles. The fraction of sp³-hybridized carbons (Fsp3) is 0.611. The predicted octanol–water partition coefficient (Wildman–Crippen LogP) is 1.98. The molecule has 0 bridgehead atoms. The molecule has 5 heteroatoms. The number of amides is 1. The lowest BCUT2D eigenvalue weighted by molar-refractivity contribution is -0.123. The van der Waals surface area contributed by atoms with Crippen LogP contribution in [0.3, 0.4) is 0 Å². The number of hydrogen-bond acceptors (Lipinski definition) is 4. The van der Waals surface area contributed by atoms with Crippen molar-refractivity contribution in [2.24, 2.45) is 5.92 Å². The van der Waals surface area contributed by atoms with Gasteiger partial charge >= 0.3 is 0 Å². The molecule has 0 aliphatic carbocycles. The average molecular weight is 319 g/mol. The third-order valence-electron chi connectivity index (χ3n) is 4.27. The van der Waals surface area contributed by atoms with Gasteiger partial charge in [0.05, 0.1) is 12.8 Å². The van der Waals surface area contributed by atoms with Gasteiger partial charge in [-0.1, -0.05) is 26.0 Å². The molecular weight excluding hydrogens is 290 g/mol. The van der Waals surface area contributed by atoms with E-state index in [2.05, 4.69) is 27.2 Å². The van der Waals surface area contributed by atoms with Crippen molar-refractivity contribution in [1.29, 1.82) is 0 Å². The van der Waals surface area contributed by atoms with Crippen LogP contribution in [0.5, 0.6) is 5.75 Å². The van der Waals surface area contributed by atoms with E-state index >= 15 is 0 Å². The van der Waals surface area contributed by atoms with Crippen LogP contribution in [-0.4, -0.2) is 57.2 Å². The van der Waals surface area contributed by atoms with Gasteiger partial charge in [-0.15, -0.1) is 0 Å². The van der Waals surface area contributed by atoms with Gasteiger partial charge < -0.3 is 15.0 Å². The van der Waals surface area contributed by atoms with E-state index in [1.807, 2.05) is 26.0 Å². The normalized spacial score (nSPS) is 15.7. The van der Waals surface area contributed by atoms with Crippen LogP contribution in [0.2, 0.25) is 0 Å². The number of carbonyl (C=O) groups is 1. The number of hydrogen-bond donors (Lipinski definition) is 1. The van der Waals surface area contributed by atoms with Gasteiger partial charge in [0.2, 0.25) is 5.91 Å². The fourth-order valence-corrected chi connectivity index (χ4v) is 2.82. The smallest absolute Gasteiger partial charge is 0.222 e. The van der Waals surface area contributed by atoms with Gasteiger partial charge in [0.15, 0.2) is 0 Å². The molecule has 0 unspecified atom stereocenters. The highest BCUT2D eigenvalue weighted by Gasteiger charge is 2.19. The highest BCUT2D eigenvalue weighted by molar-refractivity contribution is 5.77. The van der Waals surface area contributed by atoms with Crippen molar-refractivity contribution in [1.82, 2.24) is 10.2 Å². The summed E-state index contributed by atoms with van der Waals surface area (Å²) in [5.41, 5.74) is 1.18. The van der Waals surface area contributed by atoms with Crippen molar-refractivity contribution in [2.75, 3.05) is 51.3 Å². The molecule has 1 saturated heterocycles. The number of methoxy groups -OCH3 is 1. The minimum absolute atomic E-state index is 0.0689. The van der Waals surface area contributed by atoms with E-state index in [4.69, 9.17) is 4.74 Å². The number of anilines is 1. The second kappa shape index (κ2) is 8.77. The molecule has 1 aliphatic rings. The number of carbonyl (C=O) groups excluding carboxylic acids is 1. The summed E-state index contributed by atoms with van der Waals surface area (Å²) in [6.45, 7) is 9.78. The van der Waals surface area contributed by atoms with Crippen LogP contribution in [0.1, 0.15) is 20.3 Å². The number of para-hydroxylation sites is 2. The summed E-state index contributed by atoms with van der Waals surface area (Å²) in [4.78, 5) is 16.4. The monoisotopic (exact) mass is 319 g/mol. The summed E-state index contributed by atoms with van der Waals surface area (Å²) in [5.74, 6) is 1.16. The van der Waals surface area contributed by atoms with Crippen molar-refractivity contribution in [3.8, 4) is 5.75 Å². The Morgan fingerprint density at radius 1 is 1.22 bits per heavy atom. The van der Waals surface area contributed by atoms with Crippen LogP contribution >= 0.6 is 0 Å². The minimum Gasteiger partial charge on any atom is -0.495 e. The Morgan fingerprint density at radius 3 is 2.57 bits per heavy atom. The summed E-state index contributed by atoms with van der Waals surface area (Å²) >= 11 is 0. The molecule has 0 aromatic heterocycles.